The Bertz CT molecular complexity index is 1530. The Balaban J connectivity index is 1.12. The molecule has 0 saturated carbocycles. The van der Waals surface area contributed by atoms with E-state index in [1.165, 1.54) is 39.0 Å². The second kappa shape index (κ2) is 10.5. The van der Waals surface area contributed by atoms with Gasteiger partial charge in [0.2, 0.25) is 0 Å². The van der Waals surface area contributed by atoms with Gasteiger partial charge in [-0.2, -0.15) is 10.2 Å². The number of carbonyl (C=O) groups is 2. The lowest BCUT2D eigenvalue weighted by atomic mass is 10.0. The smallest absolute Gasteiger partial charge is 0.341 e. The highest BCUT2D eigenvalue weighted by Gasteiger charge is 2.39. The van der Waals surface area contributed by atoms with Gasteiger partial charge in [0, 0.05) is 24.8 Å². The molecule has 11 nitrogen and oxygen atoms in total. The Labute approximate surface area is 232 Å². The first kappa shape index (κ1) is 26.7. The number of likely N-dealkylation sites (tertiary alicyclic amines) is 1. The van der Waals surface area contributed by atoms with Gasteiger partial charge >= 0.3 is 6.03 Å². The van der Waals surface area contributed by atoms with Gasteiger partial charge in [0.05, 0.1) is 61.5 Å². The predicted molar refractivity (Wildman–Crippen MR) is 138 cm³/mol. The molecule has 3 aliphatic rings. The number of aryl methyl sites for hydroxylation is 1. The number of aromatic nitrogens is 3. The maximum atomic E-state index is 14.7. The van der Waals surface area contributed by atoms with Crippen LogP contribution in [0.1, 0.15) is 39.8 Å². The van der Waals surface area contributed by atoms with E-state index in [2.05, 4.69) is 20.5 Å². The summed E-state index contributed by atoms with van der Waals surface area (Å²) < 4.78 is 54.5. The van der Waals surface area contributed by atoms with Crippen LogP contribution in [-0.2, 0) is 4.74 Å². The number of nitrogens with one attached hydrogen (secondary N) is 1. The number of carbonyl (C=O) groups excluding carboxylic acids is 2. The minimum Gasteiger partial charge on any atom is -0.483 e. The van der Waals surface area contributed by atoms with Crippen LogP contribution < -0.4 is 10.1 Å². The summed E-state index contributed by atoms with van der Waals surface area (Å²) in [5.41, 5.74) is 1.73. The van der Waals surface area contributed by atoms with Crippen LogP contribution in [0, 0.1) is 31.3 Å². The minimum atomic E-state index is -0.737. The molecular formula is C27H26F3N7O4. The van der Waals surface area contributed by atoms with E-state index in [1.807, 2.05) is 0 Å². The molecule has 41 heavy (non-hydrogen) atoms. The number of rotatable bonds is 6. The van der Waals surface area contributed by atoms with E-state index in [0.717, 1.165) is 12.3 Å². The molecule has 0 spiro atoms. The van der Waals surface area contributed by atoms with Crippen molar-refractivity contribution in [2.75, 3.05) is 26.3 Å². The molecule has 1 N–H and O–H groups in total. The first-order valence-corrected chi connectivity index (χ1v) is 13.0. The summed E-state index contributed by atoms with van der Waals surface area (Å²) in [6, 6.07) is 3.37. The van der Waals surface area contributed by atoms with Gasteiger partial charge in [-0.05, 0) is 31.5 Å². The number of hydrogen-bond donors (Lipinski definition) is 1. The van der Waals surface area contributed by atoms with Crippen LogP contribution in [0.25, 0.3) is 5.82 Å². The molecule has 1 unspecified atom stereocenters. The first-order valence-electron chi connectivity index (χ1n) is 13.0. The molecule has 0 radical (unpaired) electrons. The van der Waals surface area contributed by atoms with Crippen molar-refractivity contribution in [3.63, 3.8) is 0 Å². The largest absolute Gasteiger partial charge is 0.483 e. The molecule has 0 bridgehead atoms. The third kappa shape index (κ3) is 5.10. The molecule has 14 heteroatoms. The molecule has 2 fully saturated rings. The zero-order valence-corrected chi connectivity index (χ0v) is 22.2. The minimum absolute atomic E-state index is 0.0463. The second-order valence-electron chi connectivity index (χ2n) is 10.2. The summed E-state index contributed by atoms with van der Waals surface area (Å²) in [6.07, 6.45) is 2.34. The molecular weight excluding hydrogens is 543 g/mol. The average Bonchev–Trinajstić information content (AvgIpc) is 3.48. The van der Waals surface area contributed by atoms with Gasteiger partial charge in [-0.15, -0.1) is 0 Å². The Kier molecular flexibility index (Phi) is 6.85. The molecule has 5 heterocycles. The Morgan fingerprint density at radius 1 is 1.07 bits per heavy atom. The molecule has 3 aliphatic heterocycles. The summed E-state index contributed by atoms with van der Waals surface area (Å²) in [5.74, 6) is -2.26. The number of nitrogens with zero attached hydrogens (tertiary/aromatic N) is 6. The van der Waals surface area contributed by atoms with Gasteiger partial charge in [-0.25, -0.2) is 32.6 Å². The van der Waals surface area contributed by atoms with Crippen molar-refractivity contribution in [1.82, 2.24) is 30.0 Å². The van der Waals surface area contributed by atoms with E-state index in [9.17, 15) is 22.8 Å². The van der Waals surface area contributed by atoms with E-state index >= 15 is 0 Å². The molecule has 6 rings (SSSR count). The molecule has 3 amide bonds. The lowest BCUT2D eigenvalue weighted by molar-refractivity contribution is -0.00348. The maximum absolute atomic E-state index is 14.7. The van der Waals surface area contributed by atoms with Crippen LogP contribution in [0.2, 0.25) is 0 Å². The number of benzene rings is 1. The van der Waals surface area contributed by atoms with Crippen molar-refractivity contribution in [3.8, 4) is 11.6 Å². The lowest BCUT2D eigenvalue weighted by Crippen LogP contribution is -2.58. The first-order chi connectivity index (χ1) is 19.7. The van der Waals surface area contributed by atoms with Gasteiger partial charge in [0.15, 0.2) is 17.4 Å². The molecule has 2 aromatic heterocycles. The van der Waals surface area contributed by atoms with Crippen molar-refractivity contribution in [2.24, 2.45) is 5.10 Å². The second-order valence-corrected chi connectivity index (χ2v) is 10.2. The summed E-state index contributed by atoms with van der Waals surface area (Å²) >= 11 is 0. The Hall–Kier alpha value is -4.46. The molecule has 2 saturated heterocycles. The lowest BCUT2D eigenvalue weighted by Gasteiger charge is -2.41. The van der Waals surface area contributed by atoms with E-state index in [1.54, 1.807) is 13.8 Å². The standard InChI is InChI=1S/C27H26F3N7O4/c1-14-25(26(38)33-19-12-40-13-19)15(2)36(34-14)24-8-23(21(30)9-31-24)41-20-10-35(11-20)27(39)37-22(3-4-32-37)16-5-17(28)7-18(29)6-16/h4-9,19-20,22H,3,10-13H2,1-2H3,(H,33,38). The van der Waals surface area contributed by atoms with Crippen molar-refractivity contribution in [2.45, 2.75) is 38.5 Å². The topological polar surface area (TPSA) is 114 Å². The Morgan fingerprint density at radius 2 is 1.80 bits per heavy atom. The average molecular weight is 570 g/mol. The van der Waals surface area contributed by atoms with E-state index in [-0.39, 0.29) is 36.6 Å². The summed E-state index contributed by atoms with van der Waals surface area (Å²) in [4.78, 5) is 31.4. The number of urea groups is 1. The van der Waals surface area contributed by atoms with Crippen molar-refractivity contribution in [3.05, 3.63) is 70.4 Å². The van der Waals surface area contributed by atoms with Crippen LogP contribution in [-0.4, -0.2) is 81.3 Å². The number of hydrogen-bond acceptors (Lipinski definition) is 7. The summed E-state index contributed by atoms with van der Waals surface area (Å²) in [5, 5.41) is 12.6. The highest BCUT2D eigenvalue weighted by Crippen LogP contribution is 2.32. The molecule has 0 aliphatic carbocycles. The molecule has 1 aromatic carbocycles. The third-order valence-corrected chi connectivity index (χ3v) is 7.22. The van der Waals surface area contributed by atoms with Gasteiger partial charge in [0.1, 0.15) is 17.7 Å². The zero-order chi connectivity index (χ0) is 28.8. The van der Waals surface area contributed by atoms with Gasteiger partial charge in [-0.1, -0.05) is 0 Å². The van der Waals surface area contributed by atoms with Crippen LogP contribution in [0.3, 0.4) is 0 Å². The molecule has 1 atom stereocenters. The van der Waals surface area contributed by atoms with Gasteiger partial charge in [0.25, 0.3) is 5.91 Å². The SMILES string of the molecule is Cc1nn(-c2cc(OC3CN(C(=O)N4N=CCC4c4cc(F)cc(F)c4)C3)c(F)cn2)c(C)c1C(=O)NC1COC1. The van der Waals surface area contributed by atoms with Crippen LogP contribution in [0.15, 0.2) is 35.6 Å². The molecule has 3 aromatic rings. The number of ether oxygens (including phenoxy) is 2. The number of amides is 3. The quantitative estimate of drug-likeness (QED) is 0.488. The van der Waals surface area contributed by atoms with Gasteiger partial charge in [-0.3, -0.25) is 4.79 Å². The monoisotopic (exact) mass is 569 g/mol. The van der Waals surface area contributed by atoms with Crippen molar-refractivity contribution >= 4 is 18.2 Å². The van der Waals surface area contributed by atoms with Crippen LogP contribution in [0.5, 0.6) is 5.75 Å². The predicted octanol–water partition coefficient (Wildman–Crippen LogP) is 3.05. The normalized spacial score (nSPS) is 18.8. The fraction of sp³-hybridized carbons (Fsp3) is 0.370. The summed E-state index contributed by atoms with van der Waals surface area (Å²) in [6.45, 7) is 4.65. The van der Waals surface area contributed by atoms with Crippen LogP contribution >= 0.6 is 0 Å². The highest BCUT2D eigenvalue weighted by molar-refractivity contribution is 5.96. The van der Waals surface area contributed by atoms with E-state index < -0.39 is 35.6 Å². The van der Waals surface area contributed by atoms with Crippen LogP contribution in [0.4, 0.5) is 18.0 Å². The zero-order valence-electron chi connectivity index (χ0n) is 22.2. The Morgan fingerprint density at radius 3 is 2.49 bits per heavy atom. The van der Waals surface area contributed by atoms with E-state index in [4.69, 9.17) is 9.47 Å². The number of halogens is 3. The fourth-order valence-corrected chi connectivity index (χ4v) is 5.02. The van der Waals surface area contributed by atoms with Crippen molar-refractivity contribution in [1.29, 1.82) is 0 Å². The third-order valence-electron chi connectivity index (χ3n) is 7.22. The maximum Gasteiger partial charge on any atom is 0.341 e. The molecule has 214 valence electrons. The summed E-state index contributed by atoms with van der Waals surface area (Å²) in [7, 11) is 0. The highest BCUT2D eigenvalue weighted by atomic mass is 19.1. The number of hydrazone groups is 1. The number of pyridine rings is 1. The van der Waals surface area contributed by atoms with E-state index in [0.29, 0.717) is 42.1 Å². The van der Waals surface area contributed by atoms with Crippen molar-refractivity contribution < 1.29 is 32.2 Å². The fourth-order valence-electron chi connectivity index (χ4n) is 5.02. The van der Waals surface area contributed by atoms with Gasteiger partial charge < -0.3 is 19.7 Å².